The van der Waals surface area contributed by atoms with Gasteiger partial charge in [-0.25, -0.2) is 16.8 Å². The minimum Gasteiger partial charge on any atom is -0.496 e. The molecule has 3 aromatic rings. The summed E-state index contributed by atoms with van der Waals surface area (Å²) in [5.74, 6) is -0.274. The number of anilines is 2. The molecule has 0 unspecified atom stereocenters. The molecular formula is C22H23N3O6S2. The lowest BCUT2D eigenvalue weighted by molar-refractivity contribution is 0.0960. The maximum Gasteiger partial charge on any atom is 0.261 e. The average Bonchev–Trinajstić information content (AvgIpc) is 2.79. The number of para-hydroxylation sites is 1. The van der Waals surface area contributed by atoms with Crippen molar-refractivity contribution in [1.82, 2.24) is 5.32 Å². The van der Waals surface area contributed by atoms with Crippen LogP contribution in [0.3, 0.4) is 0 Å². The fourth-order valence-electron chi connectivity index (χ4n) is 2.97. The number of rotatable bonds is 8. The van der Waals surface area contributed by atoms with Crippen molar-refractivity contribution in [3.05, 3.63) is 77.9 Å². The Hall–Kier alpha value is -3.57. The SMILES string of the molecule is CNC(=O)c1cc(S(=O)(=O)Nc2ccc(S(=O)(=O)Nc3ccccc3C)cc2)ccc1OC. The highest BCUT2D eigenvalue weighted by atomic mass is 32.2. The third-order valence-electron chi connectivity index (χ3n) is 4.76. The van der Waals surface area contributed by atoms with E-state index in [0.717, 1.165) is 5.56 Å². The standard InChI is InChI=1S/C22H23N3O6S2/c1-15-6-4-5-7-20(15)25-32(27,28)17-10-8-16(9-11-17)24-33(29,30)18-12-13-21(31-3)19(14-18)22(26)23-2/h4-14,24-25H,1-3H3,(H,23,26). The minimum absolute atomic E-state index is 0.0277. The lowest BCUT2D eigenvalue weighted by atomic mass is 10.2. The topological polar surface area (TPSA) is 131 Å². The van der Waals surface area contributed by atoms with Crippen LogP contribution < -0.4 is 19.5 Å². The highest BCUT2D eigenvalue weighted by Gasteiger charge is 2.20. The Morgan fingerprint density at radius 1 is 0.818 bits per heavy atom. The van der Waals surface area contributed by atoms with Crippen LogP contribution in [0.25, 0.3) is 0 Å². The molecule has 1 amide bonds. The number of aryl methyl sites for hydroxylation is 1. The number of nitrogens with one attached hydrogen (secondary N) is 3. The van der Waals surface area contributed by atoms with Crippen LogP contribution in [0.1, 0.15) is 15.9 Å². The van der Waals surface area contributed by atoms with E-state index in [-0.39, 0.29) is 26.8 Å². The fourth-order valence-corrected chi connectivity index (χ4v) is 5.19. The summed E-state index contributed by atoms with van der Waals surface area (Å²) >= 11 is 0. The number of hydrogen-bond acceptors (Lipinski definition) is 6. The summed E-state index contributed by atoms with van der Waals surface area (Å²) in [4.78, 5) is 11.9. The van der Waals surface area contributed by atoms with Crippen LogP contribution in [0.4, 0.5) is 11.4 Å². The number of hydrogen-bond donors (Lipinski definition) is 3. The summed E-state index contributed by atoms with van der Waals surface area (Å²) in [7, 11) is -5.12. The van der Waals surface area contributed by atoms with Gasteiger partial charge in [-0.1, -0.05) is 18.2 Å². The summed E-state index contributed by atoms with van der Waals surface area (Å²) in [6, 6.07) is 16.1. The van der Waals surface area contributed by atoms with E-state index in [0.29, 0.717) is 5.69 Å². The van der Waals surface area contributed by atoms with Gasteiger partial charge in [-0.05, 0) is 61.0 Å². The Kier molecular flexibility index (Phi) is 6.94. The molecule has 0 aliphatic rings. The van der Waals surface area contributed by atoms with Crippen LogP contribution in [0.2, 0.25) is 0 Å². The van der Waals surface area contributed by atoms with Crippen molar-refractivity contribution >= 4 is 37.3 Å². The second-order valence-electron chi connectivity index (χ2n) is 6.99. The number of carbonyl (C=O) groups is 1. The van der Waals surface area contributed by atoms with Gasteiger partial charge in [0.2, 0.25) is 0 Å². The third kappa shape index (κ3) is 5.44. The molecule has 3 aromatic carbocycles. The summed E-state index contributed by atoms with van der Waals surface area (Å²) in [6.07, 6.45) is 0. The predicted octanol–water partition coefficient (Wildman–Crippen LogP) is 2.96. The zero-order valence-electron chi connectivity index (χ0n) is 18.1. The summed E-state index contributed by atoms with van der Waals surface area (Å²) in [5, 5.41) is 2.43. The molecule has 0 fully saturated rings. The molecule has 0 aromatic heterocycles. The molecule has 0 aliphatic heterocycles. The van der Waals surface area contributed by atoms with E-state index < -0.39 is 26.0 Å². The van der Waals surface area contributed by atoms with Crippen molar-refractivity contribution in [2.45, 2.75) is 16.7 Å². The van der Waals surface area contributed by atoms with Crippen LogP contribution >= 0.6 is 0 Å². The molecule has 33 heavy (non-hydrogen) atoms. The molecule has 0 atom stereocenters. The van der Waals surface area contributed by atoms with Crippen molar-refractivity contribution in [3.8, 4) is 5.75 Å². The molecule has 3 rings (SSSR count). The van der Waals surface area contributed by atoms with E-state index in [1.807, 2.05) is 0 Å². The second-order valence-corrected chi connectivity index (χ2v) is 10.4. The Balaban J connectivity index is 1.83. The van der Waals surface area contributed by atoms with Gasteiger partial charge in [0.15, 0.2) is 0 Å². The monoisotopic (exact) mass is 489 g/mol. The van der Waals surface area contributed by atoms with E-state index in [4.69, 9.17) is 4.74 Å². The zero-order valence-corrected chi connectivity index (χ0v) is 19.7. The summed E-state index contributed by atoms with van der Waals surface area (Å²) in [6.45, 7) is 1.78. The first-order valence-electron chi connectivity index (χ1n) is 9.69. The van der Waals surface area contributed by atoms with Crippen molar-refractivity contribution in [2.24, 2.45) is 0 Å². The van der Waals surface area contributed by atoms with Crippen molar-refractivity contribution in [1.29, 1.82) is 0 Å². The number of carbonyl (C=O) groups excluding carboxylic acids is 1. The fraction of sp³-hybridized carbons (Fsp3) is 0.136. The van der Waals surface area contributed by atoms with Gasteiger partial charge in [-0.2, -0.15) is 0 Å². The Labute approximate surface area is 192 Å². The summed E-state index contributed by atoms with van der Waals surface area (Å²) in [5.41, 5.74) is 1.43. The van der Waals surface area contributed by atoms with E-state index in [1.54, 1.807) is 31.2 Å². The molecule has 0 aliphatic carbocycles. The van der Waals surface area contributed by atoms with Gasteiger partial charge in [-0.3, -0.25) is 14.2 Å². The van der Waals surface area contributed by atoms with Gasteiger partial charge in [0.05, 0.1) is 28.2 Å². The van der Waals surface area contributed by atoms with Crippen molar-refractivity contribution in [3.63, 3.8) is 0 Å². The van der Waals surface area contributed by atoms with E-state index in [1.165, 1.54) is 56.6 Å². The quantitative estimate of drug-likeness (QED) is 0.446. The largest absolute Gasteiger partial charge is 0.496 e. The van der Waals surface area contributed by atoms with Gasteiger partial charge in [0, 0.05) is 12.7 Å². The third-order valence-corrected chi connectivity index (χ3v) is 7.52. The minimum atomic E-state index is -4.06. The lowest BCUT2D eigenvalue weighted by Gasteiger charge is -2.13. The van der Waals surface area contributed by atoms with Gasteiger partial charge in [-0.15, -0.1) is 0 Å². The molecule has 174 valence electrons. The Bertz CT molecular complexity index is 1390. The van der Waals surface area contributed by atoms with E-state index >= 15 is 0 Å². The molecule has 0 radical (unpaired) electrons. The first-order valence-corrected chi connectivity index (χ1v) is 12.7. The van der Waals surface area contributed by atoms with E-state index in [2.05, 4.69) is 14.8 Å². The first-order chi connectivity index (χ1) is 15.6. The molecule has 0 saturated heterocycles. The van der Waals surface area contributed by atoms with Gasteiger partial charge in [0.1, 0.15) is 5.75 Å². The number of amides is 1. The van der Waals surface area contributed by atoms with Crippen molar-refractivity contribution < 1.29 is 26.4 Å². The number of ether oxygens (including phenoxy) is 1. The molecule has 11 heteroatoms. The highest BCUT2D eigenvalue weighted by molar-refractivity contribution is 7.93. The Morgan fingerprint density at radius 3 is 2.03 bits per heavy atom. The van der Waals surface area contributed by atoms with Crippen molar-refractivity contribution in [2.75, 3.05) is 23.6 Å². The average molecular weight is 490 g/mol. The number of benzene rings is 3. The predicted molar refractivity (Wildman–Crippen MR) is 126 cm³/mol. The van der Waals surface area contributed by atoms with E-state index in [9.17, 15) is 21.6 Å². The number of sulfonamides is 2. The van der Waals surface area contributed by atoms with Gasteiger partial charge < -0.3 is 10.1 Å². The molecule has 0 heterocycles. The first kappa shape index (κ1) is 24.1. The maximum absolute atomic E-state index is 12.8. The molecule has 0 saturated carbocycles. The zero-order chi connectivity index (χ0) is 24.2. The van der Waals surface area contributed by atoms with Crippen LogP contribution in [0.5, 0.6) is 5.75 Å². The molecule has 0 bridgehead atoms. The Morgan fingerprint density at radius 2 is 1.42 bits per heavy atom. The van der Waals surface area contributed by atoms with Gasteiger partial charge in [0.25, 0.3) is 26.0 Å². The molecule has 0 spiro atoms. The summed E-state index contributed by atoms with van der Waals surface area (Å²) < 4.78 is 60.9. The smallest absolute Gasteiger partial charge is 0.261 e. The normalized spacial score (nSPS) is 11.5. The van der Waals surface area contributed by atoms with Crippen LogP contribution in [0.15, 0.2) is 76.5 Å². The second kappa shape index (κ2) is 9.51. The van der Waals surface area contributed by atoms with Crippen LogP contribution in [0, 0.1) is 6.92 Å². The highest BCUT2D eigenvalue weighted by Crippen LogP contribution is 2.25. The molecule has 3 N–H and O–H groups in total. The van der Waals surface area contributed by atoms with Gasteiger partial charge >= 0.3 is 0 Å². The maximum atomic E-state index is 12.8. The molecular weight excluding hydrogens is 466 g/mol. The van der Waals surface area contributed by atoms with Crippen LogP contribution in [-0.2, 0) is 20.0 Å². The lowest BCUT2D eigenvalue weighted by Crippen LogP contribution is -2.20. The van der Waals surface area contributed by atoms with Crippen LogP contribution in [-0.4, -0.2) is 36.9 Å². The number of methoxy groups -OCH3 is 1. The molecule has 9 nitrogen and oxygen atoms in total.